The molecule has 11 heavy (non-hydrogen) atoms. The van der Waals surface area contributed by atoms with Gasteiger partial charge in [-0.05, 0) is 35.0 Å². The third-order valence-corrected chi connectivity index (χ3v) is 1.86. The normalized spacial score (nSPS) is 12.1. The Bertz CT molecular complexity index is 273. The zero-order valence-electron chi connectivity index (χ0n) is 6.08. The fourth-order valence-electron chi connectivity index (χ4n) is 0.710. The van der Waals surface area contributed by atoms with Crippen LogP contribution in [0.25, 0.3) is 0 Å². The minimum Gasteiger partial charge on any atom is -0.259 e. The summed E-state index contributed by atoms with van der Waals surface area (Å²) in [5.74, 6) is -0.122. The first kappa shape index (κ1) is 8.22. The summed E-state index contributed by atoms with van der Waals surface area (Å²) in [5.41, 5.74) is 0.815. The van der Waals surface area contributed by atoms with Crippen molar-refractivity contribution in [2.24, 2.45) is 0 Å². The van der Waals surface area contributed by atoms with Crippen LogP contribution in [0.2, 0.25) is 0 Å². The zero-order valence-corrected chi connectivity index (χ0v) is 7.67. The molecule has 1 aromatic heterocycles. The van der Waals surface area contributed by atoms with Crippen molar-refractivity contribution in [3.63, 3.8) is 0 Å². The molecule has 0 radical (unpaired) electrons. The summed E-state index contributed by atoms with van der Waals surface area (Å²) in [7, 11) is 0. The van der Waals surface area contributed by atoms with Crippen LogP contribution in [-0.4, -0.2) is 4.98 Å². The second-order valence-electron chi connectivity index (χ2n) is 2.25. The quantitative estimate of drug-likeness (QED) is 0.715. The molecule has 1 rings (SSSR count). The molecule has 1 atom stereocenters. The van der Waals surface area contributed by atoms with Crippen LogP contribution >= 0.6 is 15.9 Å². The van der Waals surface area contributed by atoms with E-state index in [1.807, 2.05) is 19.1 Å². The Morgan fingerprint density at radius 2 is 2.36 bits per heavy atom. The molecule has 2 nitrogen and oxygen atoms in total. The summed E-state index contributed by atoms with van der Waals surface area (Å²) in [6, 6.07) is 5.85. The van der Waals surface area contributed by atoms with E-state index in [4.69, 9.17) is 5.26 Å². The van der Waals surface area contributed by atoms with E-state index in [1.54, 1.807) is 6.20 Å². The molecule has 0 fully saturated rings. The second-order valence-corrected chi connectivity index (χ2v) is 3.17. The molecular weight excluding hydrogens is 204 g/mol. The maximum Gasteiger partial charge on any atom is 0.0856 e. The Kier molecular flexibility index (Phi) is 2.61. The Morgan fingerprint density at radius 3 is 2.82 bits per heavy atom. The predicted octanol–water partition coefficient (Wildman–Crippen LogP) is 2.47. The highest BCUT2D eigenvalue weighted by Gasteiger charge is 2.03. The van der Waals surface area contributed by atoms with E-state index >= 15 is 0 Å². The Morgan fingerprint density at radius 1 is 1.64 bits per heavy atom. The van der Waals surface area contributed by atoms with E-state index in [0.29, 0.717) is 0 Å². The van der Waals surface area contributed by atoms with Crippen LogP contribution in [0.1, 0.15) is 18.5 Å². The molecule has 0 N–H and O–H groups in total. The molecular formula is C8H7BrN2. The minimum atomic E-state index is -0.122. The average molecular weight is 211 g/mol. The first-order chi connectivity index (χ1) is 5.24. The van der Waals surface area contributed by atoms with Gasteiger partial charge in [0, 0.05) is 10.7 Å². The standard InChI is InChI=1S/C8H7BrN2/c1-6(4-10)8-3-2-7(9)5-11-8/h2-3,5-6H,1H3/t6-/m0/s1. The molecule has 0 aromatic carbocycles. The van der Waals surface area contributed by atoms with Crippen LogP contribution in [0.5, 0.6) is 0 Å². The summed E-state index contributed by atoms with van der Waals surface area (Å²) >= 11 is 3.27. The van der Waals surface area contributed by atoms with Crippen molar-refractivity contribution in [1.29, 1.82) is 5.26 Å². The Balaban J connectivity index is 2.92. The van der Waals surface area contributed by atoms with Gasteiger partial charge in [0.15, 0.2) is 0 Å². The maximum atomic E-state index is 8.56. The molecule has 0 spiro atoms. The van der Waals surface area contributed by atoms with E-state index in [2.05, 4.69) is 27.0 Å². The average Bonchev–Trinajstić information content (AvgIpc) is 2.05. The molecule has 0 saturated carbocycles. The molecule has 1 heterocycles. The largest absolute Gasteiger partial charge is 0.259 e. The highest BCUT2D eigenvalue weighted by atomic mass is 79.9. The van der Waals surface area contributed by atoms with Gasteiger partial charge in [-0.25, -0.2) is 0 Å². The fourth-order valence-corrected chi connectivity index (χ4v) is 0.944. The number of halogens is 1. The smallest absolute Gasteiger partial charge is 0.0856 e. The van der Waals surface area contributed by atoms with Crippen molar-refractivity contribution in [3.8, 4) is 6.07 Å². The van der Waals surface area contributed by atoms with Crippen molar-refractivity contribution in [2.75, 3.05) is 0 Å². The first-order valence-electron chi connectivity index (χ1n) is 3.25. The van der Waals surface area contributed by atoms with Gasteiger partial charge in [-0.2, -0.15) is 5.26 Å². The molecule has 0 aliphatic heterocycles. The first-order valence-corrected chi connectivity index (χ1v) is 4.04. The maximum absolute atomic E-state index is 8.56. The van der Waals surface area contributed by atoms with Crippen LogP contribution in [0, 0.1) is 11.3 Å². The van der Waals surface area contributed by atoms with Gasteiger partial charge in [0.1, 0.15) is 0 Å². The van der Waals surface area contributed by atoms with Gasteiger partial charge in [0.2, 0.25) is 0 Å². The van der Waals surface area contributed by atoms with Gasteiger partial charge >= 0.3 is 0 Å². The SMILES string of the molecule is C[C@@H](C#N)c1ccc(Br)cn1. The molecule has 0 aliphatic rings. The summed E-state index contributed by atoms with van der Waals surface area (Å²) in [4.78, 5) is 4.08. The van der Waals surface area contributed by atoms with Crippen LogP contribution in [-0.2, 0) is 0 Å². The third kappa shape index (κ3) is 2.02. The lowest BCUT2D eigenvalue weighted by molar-refractivity contribution is 0.918. The highest BCUT2D eigenvalue weighted by Crippen LogP contribution is 2.13. The molecule has 0 aliphatic carbocycles. The van der Waals surface area contributed by atoms with Crippen LogP contribution in [0.3, 0.4) is 0 Å². The number of rotatable bonds is 1. The number of nitriles is 1. The van der Waals surface area contributed by atoms with E-state index in [1.165, 1.54) is 0 Å². The van der Waals surface area contributed by atoms with Gasteiger partial charge in [0.25, 0.3) is 0 Å². The van der Waals surface area contributed by atoms with E-state index in [9.17, 15) is 0 Å². The number of nitrogens with zero attached hydrogens (tertiary/aromatic N) is 2. The van der Waals surface area contributed by atoms with Crippen molar-refractivity contribution < 1.29 is 0 Å². The van der Waals surface area contributed by atoms with Crippen molar-refractivity contribution in [2.45, 2.75) is 12.8 Å². The minimum absolute atomic E-state index is 0.122. The van der Waals surface area contributed by atoms with E-state index in [0.717, 1.165) is 10.2 Å². The van der Waals surface area contributed by atoms with Crippen molar-refractivity contribution in [3.05, 3.63) is 28.5 Å². The molecule has 0 amide bonds. The third-order valence-electron chi connectivity index (χ3n) is 1.39. The topological polar surface area (TPSA) is 36.7 Å². The van der Waals surface area contributed by atoms with Gasteiger partial charge in [-0.1, -0.05) is 0 Å². The zero-order chi connectivity index (χ0) is 8.27. The number of aromatic nitrogens is 1. The lowest BCUT2D eigenvalue weighted by atomic mass is 10.1. The van der Waals surface area contributed by atoms with Crippen LogP contribution in [0.15, 0.2) is 22.8 Å². The molecule has 0 saturated heterocycles. The number of pyridine rings is 1. The van der Waals surface area contributed by atoms with Gasteiger partial charge in [0.05, 0.1) is 17.7 Å². The Labute approximate surface area is 74.0 Å². The van der Waals surface area contributed by atoms with E-state index < -0.39 is 0 Å². The van der Waals surface area contributed by atoms with Crippen LogP contribution in [0.4, 0.5) is 0 Å². The van der Waals surface area contributed by atoms with E-state index in [-0.39, 0.29) is 5.92 Å². The predicted molar refractivity (Wildman–Crippen MR) is 46.0 cm³/mol. The lowest BCUT2D eigenvalue weighted by Crippen LogP contribution is -1.92. The summed E-state index contributed by atoms with van der Waals surface area (Å²) < 4.78 is 0.936. The molecule has 0 unspecified atom stereocenters. The van der Waals surface area contributed by atoms with Crippen LogP contribution < -0.4 is 0 Å². The monoisotopic (exact) mass is 210 g/mol. The molecule has 3 heteroatoms. The molecule has 1 aromatic rings. The number of hydrogen-bond donors (Lipinski definition) is 0. The highest BCUT2D eigenvalue weighted by molar-refractivity contribution is 9.10. The summed E-state index contributed by atoms with van der Waals surface area (Å²) in [5, 5.41) is 8.56. The number of hydrogen-bond acceptors (Lipinski definition) is 2. The van der Waals surface area contributed by atoms with Crippen molar-refractivity contribution in [1.82, 2.24) is 4.98 Å². The lowest BCUT2D eigenvalue weighted by Gasteiger charge is -1.99. The van der Waals surface area contributed by atoms with Gasteiger partial charge in [-0.15, -0.1) is 0 Å². The molecule has 56 valence electrons. The van der Waals surface area contributed by atoms with Gasteiger partial charge < -0.3 is 0 Å². The van der Waals surface area contributed by atoms with Crippen molar-refractivity contribution >= 4 is 15.9 Å². The van der Waals surface area contributed by atoms with Gasteiger partial charge in [-0.3, -0.25) is 4.98 Å². The Hall–Kier alpha value is -0.880. The summed E-state index contributed by atoms with van der Waals surface area (Å²) in [6.07, 6.45) is 1.70. The summed E-state index contributed by atoms with van der Waals surface area (Å²) in [6.45, 7) is 1.83. The molecule has 0 bridgehead atoms. The fraction of sp³-hybridized carbons (Fsp3) is 0.250. The second kappa shape index (κ2) is 3.49.